The van der Waals surface area contributed by atoms with E-state index in [1.54, 1.807) is 0 Å². The summed E-state index contributed by atoms with van der Waals surface area (Å²) >= 11 is 5.90. The Morgan fingerprint density at radius 2 is 2.10 bits per heavy atom. The molecule has 1 aromatic rings. The molecule has 1 N–H and O–H groups in total. The maximum atomic E-state index is 5.90. The molecule has 1 fully saturated rings. The highest BCUT2D eigenvalue weighted by Gasteiger charge is 2.18. The first-order valence-corrected chi connectivity index (χ1v) is 8.23. The molecule has 118 valence electrons. The van der Waals surface area contributed by atoms with Gasteiger partial charge < -0.3 is 10.1 Å². The number of anilines is 1. The molecule has 0 bridgehead atoms. The summed E-state index contributed by atoms with van der Waals surface area (Å²) in [7, 11) is 0. The van der Waals surface area contributed by atoms with Gasteiger partial charge in [0, 0.05) is 6.54 Å². The van der Waals surface area contributed by atoms with E-state index in [1.165, 1.54) is 25.7 Å². The Labute approximate surface area is 131 Å². The van der Waals surface area contributed by atoms with Crippen molar-refractivity contribution in [1.29, 1.82) is 0 Å². The number of aromatic nitrogens is 3. The standard InChI is InChI=1S/C15H25ClN4O/c1-10(2)21-15-19-13(16)18-14(20-15)17-8-7-12-6-4-5-11(3)9-12/h10-12H,4-9H2,1-3H3,(H,17,18,19,20). The zero-order valence-corrected chi connectivity index (χ0v) is 13.9. The minimum Gasteiger partial charge on any atom is -0.461 e. The molecule has 0 spiro atoms. The van der Waals surface area contributed by atoms with Crippen LogP contribution in [-0.2, 0) is 0 Å². The van der Waals surface area contributed by atoms with E-state index in [2.05, 4.69) is 27.2 Å². The van der Waals surface area contributed by atoms with E-state index < -0.39 is 0 Å². The molecule has 6 heteroatoms. The van der Waals surface area contributed by atoms with Crippen molar-refractivity contribution < 1.29 is 4.74 Å². The third-order valence-electron chi connectivity index (χ3n) is 3.81. The van der Waals surface area contributed by atoms with Crippen LogP contribution in [0.25, 0.3) is 0 Å². The summed E-state index contributed by atoms with van der Waals surface area (Å²) in [5, 5.41) is 3.40. The van der Waals surface area contributed by atoms with Crippen LogP contribution in [0.3, 0.4) is 0 Å². The Morgan fingerprint density at radius 1 is 1.29 bits per heavy atom. The average Bonchev–Trinajstić information content (AvgIpc) is 2.37. The van der Waals surface area contributed by atoms with Crippen molar-refractivity contribution in [1.82, 2.24) is 15.0 Å². The topological polar surface area (TPSA) is 59.9 Å². The molecule has 0 radical (unpaired) electrons. The summed E-state index contributed by atoms with van der Waals surface area (Å²) in [4.78, 5) is 12.3. The first kappa shape index (κ1) is 16.3. The highest BCUT2D eigenvalue weighted by Crippen LogP contribution is 2.30. The molecule has 1 aliphatic carbocycles. The Balaban J connectivity index is 1.83. The smallest absolute Gasteiger partial charge is 0.322 e. The van der Waals surface area contributed by atoms with Gasteiger partial charge in [0.25, 0.3) is 0 Å². The molecule has 21 heavy (non-hydrogen) atoms. The van der Waals surface area contributed by atoms with Crippen molar-refractivity contribution in [2.75, 3.05) is 11.9 Å². The molecule has 0 saturated heterocycles. The van der Waals surface area contributed by atoms with Crippen LogP contribution in [0, 0.1) is 11.8 Å². The number of rotatable bonds is 6. The van der Waals surface area contributed by atoms with Gasteiger partial charge in [-0.2, -0.15) is 15.0 Å². The van der Waals surface area contributed by atoms with Crippen LogP contribution >= 0.6 is 11.6 Å². The molecule has 1 aromatic heterocycles. The van der Waals surface area contributed by atoms with Crippen LogP contribution in [0.4, 0.5) is 5.95 Å². The second kappa shape index (κ2) is 7.78. The molecule has 5 nitrogen and oxygen atoms in total. The molecule has 0 amide bonds. The number of nitrogens with zero attached hydrogens (tertiary/aromatic N) is 3. The highest BCUT2D eigenvalue weighted by molar-refractivity contribution is 6.28. The number of nitrogens with one attached hydrogen (secondary N) is 1. The number of hydrogen-bond acceptors (Lipinski definition) is 5. The van der Waals surface area contributed by atoms with Crippen LogP contribution in [0.2, 0.25) is 5.28 Å². The van der Waals surface area contributed by atoms with Crippen LogP contribution in [0.5, 0.6) is 6.01 Å². The van der Waals surface area contributed by atoms with Gasteiger partial charge in [-0.3, -0.25) is 0 Å². The van der Waals surface area contributed by atoms with Gasteiger partial charge >= 0.3 is 6.01 Å². The second-order valence-electron chi connectivity index (χ2n) is 6.23. The van der Waals surface area contributed by atoms with Crippen molar-refractivity contribution in [3.05, 3.63) is 5.28 Å². The van der Waals surface area contributed by atoms with Crippen molar-refractivity contribution >= 4 is 17.5 Å². The molecule has 0 aliphatic heterocycles. The zero-order chi connectivity index (χ0) is 15.2. The summed E-state index contributed by atoms with van der Waals surface area (Å²) in [5.74, 6) is 2.17. The van der Waals surface area contributed by atoms with Crippen molar-refractivity contribution in [3.63, 3.8) is 0 Å². The summed E-state index contributed by atoms with van der Waals surface area (Å²) in [6.45, 7) is 7.06. The Hall–Kier alpha value is -1.10. The number of ether oxygens (including phenoxy) is 1. The van der Waals surface area contributed by atoms with Gasteiger partial charge in [0.1, 0.15) is 0 Å². The molecule has 2 unspecified atom stereocenters. The number of halogens is 1. The van der Waals surface area contributed by atoms with Crippen LogP contribution < -0.4 is 10.1 Å². The Morgan fingerprint density at radius 3 is 2.81 bits per heavy atom. The predicted octanol–water partition coefficient (Wildman–Crippen LogP) is 3.94. The monoisotopic (exact) mass is 312 g/mol. The van der Waals surface area contributed by atoms with Crippen molar-refractivity contribution in [2.45, 2.75) is 59.0 Å². The van der Waals surface area contributed by atoms with E-state index in [4.69, 9.17) is 16.3 Å². The van der Waals surface area contributed by atoms with Gasteiger partial charge in [-0.05, 0) is 50.1 Å². The first-order valence-electron chi connectivity index (χ1n) is 7.85. The Bertz CT molecular complexity index is 455. The minimum absolute atomic E-state index is 0.0139. The van der Waals surface area contributed by atoms with Gasteiger partial charge in [-0.25, -0.2) is 0 Å². The minimum atomic E-state index is 0.0139. The quantitative estimate of drug-likeness (QED) is 0.862. The maximum absolute atomic E-state index is 5.90. The summed E-state index contributed by atoms with van der Waals surface area (Å²) in [6, 6.07) is 0.277. The Kier molecular flexibility index (Phi) is 6.03. The van der Waals surface area contributed by atoms with E-state index in [0.29, 0.717) is 5.95 Å². The average molecular weight is 313 g/mol. The van der Waals surface area contributed by atoms with Crippen LogP contribution in [0.1, 0.15) is 52.9 Å². The molecule has 1 aliphatic rings. The lowest BCUT2D eigenvalue weighted by molar-refractivity contribution is 0.222. The third-order valence-corrected chi connectivity index (χ3v) is 3.98. The fraction of sp³-hybridized carbons (Fsp3) is 0.800. The van der Waals surface area contributed by atoms with E-state index in [1.807, 2.05) is 13.8 Å². The highest BCUT2D eigenvalue weighted by atomic mass is 35.5. The summed E-state index contributed by atoms with van der Waals surface area (Å²) in [5.41, 5.74) is 0. The van der Waals surface area contributed by atoms with Crippen molar-refractivity contribution in [2.24, 2.45) is 11.8 Å². The fourth-order valence-corrected chi connectivity index (χ4v) is 3.04. The van der Waals surface area contributed by atoms with Crippen LogP contribution in [-0.4, -0.2) is 27.6 Å². The molecule has 1 heterocycles. The lowest BCUT2D eigenvalue weighted by Crippen LogP contribution is -2.17. The molecule has 2 atom stereocenters. The summed E-state index contributed by atoms with van der Waals surface area (Å²) < 4.78 is 5.46. The van der Waals surface area contributed by atoms with Gasteiger partial charge in [0.15, 0.2) is 0 Å². The third kappa shape index (κ3) is 5.65. The predicted molar refractivity (Wildman–Crippen MR) is 84.8 cm³/mol. The van der Waals surface area contributed by atoms with Gasteiger partial charge in [0.05, 0.1) is 6.10 Å². The number of hydrogen-bond donors (Lipinski definition) is 1. The van der Waals surface area contributed by atoms with E-state index in [-0.39, 0.29) is 17.4 Å². The lowest BCUT2D eigenvalue weighted by Gasteiger charge is -2.26. The fourth-order valence-electron chi connectivity index (χ4n) is 2.88. The van der Waals surface area contributed by atoms with E-state index >= 15 is 0 Å². The molecule has 1 saturated carbocycles. The second-order valence-corrected chi connectivity index (χ2v) is 6.57. The van der Waals surface area contributed by atoms with Crippen molar-refractivity contribution in [3.8, 4) is 6.01 Å². The SMILES string of the molecule is CC1CCCC(CCNc2nc(Cl)nc(OC(C)C)n2)C1. The lowest BCUT2D eigenvalue weighted by atomic mass is 9.81. The normalized spacial score (nSPS) is 22.3. The van der Waals surface area contributed by atoms with Gasteiger partial charge in [0.2, 0.25) is 11.2 Å². The molecule has 0 aromatic carbocycles. The molecule has 2 rings (SSSR count). The maximum Gasteiger partial charge on any atom is 0.322 e. The molecular weight excluding hydrogens is 288 g/mol. The van der Waals surface area contributed by atoms with Gasteiger partial charge in [-0.1, -0.05) is 26.2 Å². The van der Waals surface area contributed by atoms with E-state index in [9.17, 15) is 0 Å². The van der Waals surface area contributed by atoms with Gasteiger partial charge in [-0.15, -0.1) is 0 Å². The zero-order valence-electron chi connectivity index (χ0n) is 13.1. The van der Waals surface area contributed by atoms with Crippen LogP contribution in [0.15, 0.2) is 0 Å². The first-order chi connectivity index (χ1) is 10.0. The van der Waals surface area contributed by atoms with E-state index in [0.717, 1.165) is 24.8 Å². The molecular formula is C15H25ClN4O. The largest absolute Gasteiger partial charge is 0.461 e. The summed E-state index contributed by atoms with van der Waals surface area (Å²) in [6.07, 6.45) is 6.57.